The summed E-state index contributed by atoms with van der Waals surface area (Å²) in [6.07, 6.45) is 19.0. The Balaban J connectivity index is 0.000000265. The van der Waals surface area contributed by atoms with Crippen LogP contribution in [0.5, 0.6) is 0 Å². The zero-order valence-corrected chi connectivity index (χ0v) is 21.7. The highest BCUT2D eigenvalue weighted by molar-refractivity contribution is 9.47. The standard InChI is InChI=1S/C13H13.C6H9.3BrH.2Mg/c1-2-6-12(7-3-1)10-11-13-8-4-5-9-13;1-2-4-6-5-3-1;;;;;/h1-3,6-7,10-11H,4-5,8H2;1H,2,4-6H2;3*1H;;/q;;;;;+1;+2/p-3. The SMILES string of the molecule is [Br][Mg][Br].[Br][Mg][C]1=C(C=Cc2ccccc2)CCC1.[C]1=CCCCC1. The maximum absolute atomic E-state index is 3.69. The second kappa shape index (κ2) is 16.6. The Morgan fingerprint density at radius 3 is 2.17 bits per heavy atom. The van der Waals surface area contributed by atoms with Crippen molar-refractivity contribution in [2.45, 2.75) is 44.9 Å². The van der Waals surface area contributed by atoms with Crippen LogP contribution in [0.4, 0.5) is 0 Å². The summed E-state index contributed by atoms with van der Waals surface area (Å²) in [4.78, 5) is 0. The molecule has 1 radical (unpaired) electrons. The van der Waals surface area contributed by atoms with E-state index in [-0.39, 0.29) is 34.2 Å². The predicted molar refractivity (Wildman–Crippen MR) is 121 cm³/mol. The van der Waals surface area contributed by atoms with Gasteiger partial charge in [-0.1, -0.05) is 60.6 Å². The summed E-state index contributed by atoms with van der Waals surface area (Å²) >= 11 is 10.0. The maximum atomic E-state index is 3.69. The Labute approximate surface area is 185 Å². The first-order valence-corrected chi connectivity index (χ1v) is 20.9. The monoisotopic (exact) mass is 535 g/mol. The fourth-order valence-corrected chi connectivity index (χ4v) is 5.39. The van der Waals surface area contributed by atoms with Crippen LogP contribution in [0.3, 0.4) is 0 Å². The van der Waals surface area contributed by atoms with Gasteiger partial charge in [0, 0.05) is 0 Å². The van der Waals surface area contributed by atoms with E-state index >= 15 is 0 Å². The molecule has 0 bridgehead atoms. The highest BCUT2D eigenvalue weighted by atomic mass is 79.9. The average molecular weight is 539 g/mol. The molecule has 3 rings (SSSR count). The highest BCUT2D eigenvalue weighted by Gasteiger charge is 2.11. The van der Waals surface area contributed by atoms with Crippen LogP contribution in [0.2, 0.25) is 0 Å². The van der Waals surface area contributed by atoms with Gasteiger partial charge in [0.15, 0.2) is 0 Å². The largest absolute Gasteiger partial charge is 0.560 e. The molecule has 0 saturated carbocycles. The van der Waals surface area contributed by atoms with E-state index in [4.69, 9.17) is 0 Å². The molecule has 0 N–H and O–H groups in total. The zero-order chi connectivity index (χ0) is 17.5. The molecule has 24 heavy (non-hydrogen) atoms. The molecular weight excluding hydrogens is 517 g/mol. The van der Waals surface area contributed by atoms with E-state index in [0.717, 1.165) is 0 Å². The molecule has 0 saturated heterocycles. The molecule has 0 nitrogen and oxygen atoms in total. The average Bonchev–Trinajstić information content (AvgIpc) is 3.11. The second-order valence-corrected chi connectivity index (χ2v) is 16.5. The van der Waals surface area contributed by atoms with Crippen molar-refractivity contribution in [3.63, 3.8) is 0 Å². The lowest BCUT2D eigenvalue weighted by atomic mass is 10.1. The minimum Gasteiger partial charge on any atom is -0.297 e. The van der Waals surface area contributed by atoms with Gasteiger partial charge >= 0.3 is 34.2 Å². The summed E-state index contributed by atoms with van der Waals surface area (Å²) in [6.45, 7) is 0. The van der Waals surface area contributed by atoms with Crippen LogP contribution in [-0.2, 0) is 0 Å². The molecule has 5 heteroatoms. The van der Waals surface area contributed by atoms with Gasteiger partial charge in [0.1, 0.15) is 0 Å². The Bertz CT molecular complexity index is 517. The molecule has 2 aliphatic carbocycles. The zero-order valence-electron chi connectivity index (χ0n) is 14.1. The number of benzene rings is 1. The summed E-state index contributed by atoms with van der Waals surface area (Å²) in [5.74, 6) is 0. The Morgan fingerprint density at radius 2 is 1.67 bits per heavy atom. The van der Waals surface area contributed by atoms with Gasteiger partial charge in [-0.05, 0) is 50.2 Å². The van der Waals surface area contributed by atoms with Gasteiger partial charge in [0.2, 0.25) is 0 Å². The molecule has 0 fully saturated rings. The quantitative estimate of drug-likeness (QED) is 0.352. The fourth-order valence-electron chi connectivity index (χ4n) is 2.62. The maximum Gasteiger partial charge on any atom is 0.560 e. The third-order valence-corrected chi connectivity index (χ3v) is 7.04. The van der Waals surface area contributed by atoms with Crippen molar-refractivity contribution >= 4 is 78.9 Å². The molecule has 0 aromatic heterocycles. The normalized spacial score (nSPS) is 15.8. The van der Waals surface area contributed by atoms with E-state index in [2.05, 4.69) is 93.3 Å². The van der Waals surface area contributed by atoms with Gasteiger partial charge in [-0.25, -0.2) is 0 Å². The summed E-state index contributed by atoms with van der Waals surface area (Å²) in [5.41, 5.74) is 2.88. The van der Waals surface area contributed by atoms with Crippen molar-refractivity contribution in [3.8, 4) is 0 Å². The molecule has 0 aliphatic heterocycles. The lowest BCUT2D eigenvalue weighted by Crippen LogP contribution is -1.85. The minimum atomic E-state index is -0.116. The summed E-state index contributed by atoms with van der Waals surface area (Å²) in [7, 11) is 0. The van der Waals surface area contributed by atoms with Gasteiger partial charge in [-0.15, -0.1) is 0 Å². The Morgan fingerprint density at radius 1 is 0.917 bits per heavy atom. The lowest BCUT2D eigenvalue weighted by Gasteiger charge is -1.98. The van der Waals surface area contributed by atoms with Gasteiger partial charge < -0.3 is 0 Å². The Kier molecular flexibility index (Phi) is 16.2. The first-order chi connectivity index (χ1) is 11.8. The van der Waals surface area contributed by atoms with E-state index in [9.17, 15) is 0 Å². The van der Waals surface area contributed by atoms with Gasteiger partial charge in [0.05, 0.1) is 0 Å². The van der Waals surface area contributed by atoms with Gasteiger partial charge in [0.25, 0.3) is 0 Å². The third kappa shape index (κ3) is 11.2. The van der Waals surface area contributed by atoms with Crippen LogP contribution in [0.15, 0.2) is 51.8 Å². The summed E-state index contributed by atoms with van der Waals surface area (Å²) < 4.78 is 1.71. The van der Waals surface area contributed by atoms with Crippen molar-refractivity contribution in [1.29, 1.82) is 0 Å². The minimum absolute atomic E-state index is 0.0417. The molecule has 0 atom stereocenters. The molecule has 0 unspecified atom stereocenters. The van der Waals surface area contributed by atoms with Crippen molar-refractivity contribution < 1.29 is 0 Å². The Hall–Kier alpha value is 1.41. The van der Waals surface area contributed by atoms with Crippen LogP contribution in [0.1, 0.15) is 50.5 Å². The highest BCUT2D eigenvalue weighted by Crippen LogP contribution is 2.27. The fraction of sp³-hybridized carbons (Fsp3) is 0.368. The van der Waals surface area contributed by atoms with Crippen LogP contribution < -0.4 is 0 Å². The molecule has 123 valence electrons. The van der Waals surface area contributed by atoms with Crippen LogP contribution in [0, 0.1) is 6.08 Å². The third-order valence-electron chi connectivity index (χ3n) is 3.88. The lowest BCUT2D eigenvalue weighted by molar-refractivity contribution is 0.718. The predicted octanol–water partition coefficient (Wildman–Crippen LogP) is 7.38. The van der Waals surface area contributed by atoms with Crippen LogP contribution in [0.25, 0.3) is 6.08 Å². The summed E-state index contributed by atoms with van der Waals surface area (Å²) in [5, 5.41) is 0. The first kappa shape index (κ1) is 23.5. The molecule has 2 aliphatic rings. The van der Waals surface area contributed by atoms with Crippen LogP contribution >= 0.6 is 38.7 Å². The first-order valence-electron chi connectivity index (χ1n) is 8.48. The molecule has 0 heterocycles. The topological polar surface area (TPSA) is 0 Å². The molecule has 0 amide bonds. The smallest absolute Gasteiger partial charge is 0.297 e. The second-order valence-electron chi connectivity index (χ2n) is 5.62. The van der Waals surface area contributed by atoms with Crippen LogP contribution in [-0.4, -0.2) is 34.2 Å². The van der Waals surface area contributed by atoms with E-state index in [0.29, 0.717) is 0 Å². The van der Waals surface area contributed by atoms with Crippen molar-refractivity contribution in [3.05, 3.63) is 63.4 Å². The molecule has 1 aromatic carbocycles. The summed E-state index contributed by atoms with van der Waals surface area (Å²) in [6, 6.07) is 10.5. The number of allylic oxidation sites excluding steroid dienone is 5. The van der Waals surface area contributed by atoms with Gasteiger partial charge in [-0.3, -0.25) is 38.7 Å². The van der Waals surface area contributed by atoms with E-state index in [1.54, 1.807) is 9.28 Å². The molecular formula is C19H22Br3Mg2. The number of rotatable bonds is 3. The number of halogens is 3. The molecule has 1 aromatic rings. The van der Waals surface area contributed by atoms with Crippen molar-refractivity contribution in [2.75, 3.05) is 0 Å². The van der Waals surface area contributed by atoms with Crippen molar-refractivity contribution in [1.82, 2.24) is 0 Å². The molecule has 0 spiro atoms. The van der Waals surface area contributed by atoms with Crippen molar-refractivity contribution in [2.24, 2.45) is 0 Å². The number of hydrogen-bond acceptors (Lipinski definition) is 0. The number of hydrogen-bond donors (Lipinski definition) is 0. The van der Waals surface area contributed by atoms with E-state index in [1.807, 2.05) is 0 Å². The van der Waals surface area contributed by atoms with Gasteiger partial charge in [-0.2, -0.15) is 3.70 Å². The van der Waals surface area contributed by atoms with E-state index < -0.39 is 0 Å². The van der Waals surface area contributed by atoms with E-state index in [1.165, 1.54) is 50.5 Å².